The van der Waals surface area contributed by atoms with Gasteiger partial charge in [-0.2, -0.15) is 5.10 Å². The normalized spacial score (nSPS) is 12.0. The van der Waals surface area contributed by atoms with E-state index < -0.39 is 0 Å². The van der Waals surface area contributed by atoms with Gasteiger partial charge in [0.1, 0.15) is 5.82 Å². The topological polar surface area (TPSA) is 42.8 Å². The molecule has 1 heterocycles. The van der Waals surface area contributed by atoms with Crippen LogP contribution in [0.2, 0.25) is 0 Å². The lowest BCUT2D eigenvalue weighted by Crippen LogP contribution is -2.20. The van der Waals surface area contributed by atoms with Crippen LogP contribution in [0.3, 0.4) is 0 Å². The number of aromatic amines is 1. The first-order valence-corrected chi connectivity index (χ1v) is 5.02. The van der Waals surface area contributed by atoms with Crippen LogP contribution in [0.1, 0.15) is 26.6 Å². The molecule has 0 unspecified atom stereocenters. The van der Waals surface area contributed by atoms with Crippen molar-refractivity contribution in [2.45, 2.75) is 32.7 Å². The number of nitrogens with zero attached hydrogens (tertiary/aromatic N) is 2. The number of ether oxygens (including phenoxy) is 1. The Labute approximate surface area is 89.3 Å². The van der Waals surface area contributed by atoms with Gasteiger partial charge in [-0.05, 0) is 12.2 Å². The molecule has 1 N–H and O–H groups in total. The van der Waals surface area contributed by atoms with Gasteiger partial charge >= 0.3 is 0 Å². The van der Waals surface area contributed by atoms with Crippen molar-refractivity contribution in [3.05, 3.63) is 10.6 Å². The van der Waals surface area contributed by atoms with Gasteiger partial charge in [-0.3, -0.25) is 5.10 Å². The number of hydrogen-bond acceptors (Lipinski definition) is 3. The summed E-state index contributed by atoms with van der Waals surface area (Å²) in [6.45, 7) is 7.74. The average molecular weight is 215 g/mol. The zero-order valence-corrected chi connectivity index (χ0v) is 9.94. The summed E-state index contributed by atoms with van der Waals surface area (Å²) >= 11 is 5.14. The van der Waals surface area contributed by atoms with Crippen LogP contribution in [0.15, 0.2) is 0 Å². The van der Waals surface area contributed by atoms with Crippen molar-refractivity contribution in [1.29, 1.82) is 0 Å². The van der Waals surface area contributed by atoms with Gasteiger partial charge in [0.25, 0.3) is 0 Å². The van der Waals surface area contributed by atoms with Crippen molar-refractivity contribution in [2.24, 2.45) is 0 Å². The third-order valence-electron chi connectivity index (χ3n) is 1.95. The second-order valence-corrected chi connectivity index (χ2v) is 4.63. The molecule has 0 spiro atoms. The standard InChI is InChI=1S/C9H17N3OS/c1-9(2,3)7-10-11-8(14)12(7)5-6-13-4/h5-6H2,1-4H3,(H,11,14). The van der Waals surface area contributed by atoms with Crippen molar-refractivity contribution in [1.82, 2.24) is 14.8 Å². The minimum atomic E-state index is 0.00129. The summed E-state index contributed by atoms with van der Waals surface area (Å²) < 4.78 is 7.67. The third kappa shape index (κ3) is 2.42. The lowest BCUT2D eigenvalue weighted by molar-refractivity contribution is 0.184. The Morgan fingerprint density at radius 2 is 2.14 bits per heavy atom. The van der Waals surface area contributed by atoms with Gasteiger partial charge in [0, 0.05) is 12.5 Å². The first kappa shape index (κ1) is 11.4. The lowest BCUT2D eigenvalue weighted by Gasteiger charge is -2.18. The molecule has 0 aliphatic rings. The van der Waals surface area contributed by atoms with Crippen molar-refractivity contribution in [3.8, 4) is 0 Å². The van der Waals surface area contributed by atoms with Gasteiger partial charge in [-0.1, -0.05) is 20.8 Å². The van der Waals surface area contributed by atoms with E-state index in [0.29, 0.717) is 11.4 Å². The fourth-order valence-electron chi connectivity index (χ4n) is 1.28. The van der Waals surface area contributed by atoms with Crippen LogP contribution in [0.25, 0.3) is 0 Å². The molecule has 80 valence electrons. The zero-order valence-electron chi connectivity index (χ0n) is 9.13. The number of hydrogen-bond donors (Lipinski definition) is 1. The first-order chi connectivity index (χ1) is 6.46. The Bertz CT molecular complexity index is 348. The SMILES string of the molecule is COCCn1c(C(C)(C)C)n[nH]c1=S. The molecule has 0 atom stereocenters. The largest absolute Gasteiger partial charge is 0.383 e. The summed E-state index contributed by atoms with van der Waals surface area (Å²) in [4.78, 5) is 0. The third-order valence-corrected chi connectivity index (χ3v) is 2.26. The van der Waals surface area contributed by atoms with Crippen LogP contribution in [0.5, 0.6) is 0 Å². The molecule has 0 bridgehead atoms. The van der Waals surface area contributed by atoms with Crippen LogP contribution in [-0.4, -0.2) is 28.5 Å². The Morgan fingerprint density at radius 3 is 2.64 bits per heavy atom. The van der Waals surface area contributed by atoms with Crippen molar-refractivity contribution in [2.75, 3.05) is 13.7 Å². The lowest BCUT2D eigenvalue weighted by atomic mass is 9.96. The highest BCUT2D eigenvalue weighted by atomic mass is 32.1. The summed E-state index contributed by atoms with van der Waals surface area (Å²) in [6, 6.07) is 0. The molecule has 0 radical (unpaired) electrons. The second-order valence-electron chi connectivity index (χ2n) is 4.25. The van der Waals surface area contributed by atoms with Crippen LogP contribution in [0.4, 0.5) is 0 Å². The molecule has 0 fully saturated rings. The van der Waals surface area contributed by atoms with Gasteiger partial charge in [0.15, 0.2) is 4.77 Å². The van der Waals surface area contributed by atoms with Crippen LogP contribution < -0.4 is 0 Å². The Morgan fingerprint density at radius 1 is 1.50 bits per heavy atom. The Balaban J connectivity index is 3.01. The van der Waals surface area contributed by atoms with E-state index in [1.165, 1.54) is 0 Å². The summed E-state index contributed by atoms with van der Waals surface area (Å²) in [5.74, 6) is 0.972. The predicted molar refractivity (Wildman–Crippen MR) is 58.0 cm³/mol. The molecular weight excluding hydrogens is 198 g/mol. The monoisotopic (exact) mass is 215 g/mol. The number of methoxy groups -OCH3 is 1. The van der Waals surface area contributed by atoms with Gasteiger partial charge in [-0.15, -0.1) is 0 Å². The molecule has 1 aromatic rings. The van der Waals surface area contributed by atoms with E-state index in [1.807, 2.05) is 4.57 Å². The number of H-pyrrole nitrogens is 1. The summed E-state index contributed by atoms with van der Waals surface area (Å²) in [5, 5.41) is 7.04. The van der Waals surface area contributed by atoms with E-state index in [4.69, 9.17) is 17.0 Å². The van der Waals surface area contributed by atoms with Crippen LogP contribution in [-0.2, 0) is 16.7 Å². The molecule has 0 aliphatic carbocycles. The summed E-state index contributed by atoms with van der Waals surface area (Å²) in [7, 11) is 1.68. The molecule has 0 saturated carbocycles. The van der Waals surface area contributed by atoms with Gasteiger partial charge < -0.3 is 9.30 Å². The van der Waals surface area contributed by atoms with Crippen LogP contribution in [0, 0.1) is 4.77 Å². The maximum atomic E-state index is 5.14. The smallest absolute Gasteiger partial charge is 0.195 e. The highest BCUT2D eigenvalue weighted by Gasteiger charge is 2.20. The van der Waals surface area contributed by atoms with E-state index in [2.05, 4.69) is 31.0 Å². The highest BCUT2D eigenvalue weighted by Crippen LogP contribution is 2.19. The zero-order chi connectivity index (χ0) is 10.8. The van der Waals surface area contributed by atoms with E-state index >= 15 is 0 Å². The quantitative estimate of drug-likeness (QED) is 0.783. The van der Waals surface area contributed by atoms with Crippen LogP contribution >= 0.6 is 12.2 Å². The van der Waals surface area contributed by atoms with Gasteiger partial charge in [0.05, 0.1) is 13.2 Å². The Kier molecular flexibility index (Phi) is 3.44. The fraction of sp³-hybridized carbons (Fsp3) is 0.778. The van der Waals surface area contributed by atoms with E-state index in [0.717, 1.165) is 12.4 Å². The fourth-order valence-corrected chi connectivity index (χ4v) is 1.50. The van der Waals surface area contributed by atoms with E-state index in [1.54, 1.807) is 7.11 Å². The Hall–Kier alpha value is -0.680. The molecule has 5 heteroatoms. The molecule has 1 rings (SSSR count). The van der Waals surface area contributed by atoms with Gasteiger partial charge in [0.2, 0.25) is 0 Å². The second kappa shape index (κ2) is 4.23. The van der Waals surface area contributed by atoms with E-state index in [9.17, 15) is 0 Å². The minimum Gasteiger partial charge on any atom is -0.383 e. The summed E-state index contributed by atoms with van der Waals surface area (Å²) in [6.07, 6.45) is 0. The number of nitrogens with one attached hydrogen (secondary N) is 1. The molecule has 1 aromatic heterocycles. The van der Waals surface area contributed by atoms with Crippen molar-refractivity contribution >= 4 is 12.2 Å². The van der Waals surface area contributed by atoms with Crippen molar-refractivity contribution in [3.63, 3.8) is 0 Å². The minimum absolute atomic E-state index is 0.00129. The van der Waals surface area contributed by atoms with E-state index in [-0.39, 0.29) is 5.41 Å². The molecule has 4 nitrogen and oxygen atoms in total. The number of aromatic nitrogens is 3. The number of rotatable bonds is 3. The molecule has 0 saturated heterocycles. The molecular formula is C9H17N3OS. The van der Waals surface area contributed by atoms with Gasteiger partial charge in [-0.25, -0.2) is 0 Å². The summed E-state index contributed by atoms with van der Waals surface area (Å²) in [5.41, 5.74) is 0.00129. The molecule has 0 aliphatic heterocycles. The molecule has 14 heavy (non-hydrogen) atoms. The average Bonchev–Trinajstić information content (AvgIpc) is 2.42. The highest BCUT2D eigenvalue weighted by molar-refractivity contribution is 7.71. The first-order valence-electron chi connectivity index (χ1n) is 4.61. The maximum absolute atomic E-state index is 5.14. The predicted octanol–water partition coefficient (Wildman–Crippen LogP) is 1.88. The maximum Gasteiger partial charge on any atom is 0.195 e. The molecule has 0 amide bonds. The molecule has 0 aromatic carbocycles. The van der Waals surface area contributed by atoms with Crippen molar-refractivity contribution < 1.29 is 4.74 Å².